The molecule has 0 aromatic heterocycles. The lowest BCUT2D eigenvalue weighted by Gasteiger charge is -2.35. The fourth-order valence-electron chi connectivity index (χ4n) is 5.38. The molecule has 1 aliphatic heterocycles. The zero-order chi connectivity index (χ0) is 25.2. The van der Waals surface area contributed by atoms with Gasteiger partial charge >= 0.3 is 0 Å². The van der Waals surface area contributed by atoms with Gasteiger partial charge in [-0.1, -0.05) is 17.7 Å². The van der Waals surface area contributed by atoms with Crippen molar-refractivity contribution in [3.8, 4) is 5.75 Å². The summed E-state index contributed by atoms with van der Waals surface area (Å²) in [7, 11) is -6.69. The van der Waals surface area contributed by atoms with Gasteiger partial charge in [0.2, 0.25) is 0 Å². The van der Waals surface area contributed by atoms with Crippen molar-refractivity contribution in [2.75, 3.05) is 30.9 Å². The number of hydrogen-bond acceptors (Lipinski definition) is 6. The smallest absolute Gasteiger partial charge is 0.178 e. The summed E-state index contributed by atoms with van der Waals surface area (Å²) in [6, 6.07) is 13.7. The maximum absolute atomic E-state index is 12.5. The van der Waals surface area contributed by atoms with Crippen molar-refractivity contribution in [3.63, 3.8) is 0 Å². The van der Waals surface area contributed by atoms with E-state index in [4.69, 9.17) is 16.3 Å². The van der Waals surface area contributed by atoms with E-state index in [9.17, 15) is 16.8 Å². The van der Waals surface area contributed by atoms with Gasteiger partial charge in [0.05, 0.1) is 23.0 Å². The zero-order valence-corrected chi connectivity index (χ0v) is 22.7. The Kier molecular flexibility index (Phi) is 8.15. The topological polar surface area (TPSA) is 80.8 Å². The van der Waals surface area contributed by atoms with Crippen LogP contribution in [-0.4, -0.2) is 64.7 Å². The molecule has 1 unspecified atom stereocenters. The van der Waals surface area contributed by atoms with Gasteiger partial charge in [0.25, 0.3) is 0 Å². The fraction of sp³-hybridized carbons (Fsp3) is 0.538. The predicted molar refractivity (Wildman–Crippen MR) is 140 cm³/mol. The number of halogens is 1. The standard InChI is InChI=1S/C26H34ClNO5S2/c1-19-14-20(17-28(19)24-7-5-21-4-6-23(27)15-22(21)16-24)18-33-25-8-10-26(11-9-25)35(31,32)13-3-12-34(2,29)30/h4,6,8-11,15,19-20,24H,3,5,7,12-14,16-18H2,1-2H3/t19-,20+,24?/m1/s1. The maximum atomic E-state index is 12.5. The summed E-state index contributed by atoms with van der Waals surface area (Å²) in [5.41, 5.74) is 2.78. The van der Waals surface area contributed by atoms with E-state index in [0.29, 0.717) is 30.4 Å². The third-order valence-corrected chi connectivity index (χ3v) is 10.2. The Morgan fingerprint density at radius 2 is 1.77 bits per heavy atom. The van der Waals surface area contributed by atoms with Crippen LogP contribution in [0.1, 0.15) is 37.3 Å². The first-order chi connectivity index (χ1) is 16.5. The van der Waals surface area contributed by atoms with Gasteiger partial charge in [-0.25, -0.2) is 16.8 Å². The van der Waals surface area contributed by atoms with E-state index < -0.39 is 19.7 Å². The minimum atomic E-state index is -3.52. The van der Waals surface area contributed by atoms with Gasteiger partial charge in [-0.2, -0.15) is 0 Å². The molecule has 0 radical (unpaired) electrons. The van der Waals surface area contributed by atoms with E-state index in [0.717, 1.165) is 43.5 Å². The lowest BCUT2D eigenvalue weighted by molar-refractivity contribution is 0.164. The molecule has 1 saturated heterocycles. The molecule has 2 aromatic carbocycles. The highest BCUT2D eigenvalue weighted by Crippen LogP contribution is 2.33. The number of nitrogens with zero attached hydrogens (tertiary/aromatic N) is 1. The largest absolute Gasteiger partial charge is 0.493 e. The SMILES string of the molecule is C[C@@H]1C[C@H](COc2ccc(S(=O)(=O)CCCS(C)(=O)=O)cc2)CN1C1CCc2ccc(Cl)cc2C1. The third kappa shape index (κ3) is 7.00. The summed E-state index contributed by atoms with van der Waals surface area (Å²) in [5.74, 6) is 0.747. The second-order valence-electron chi connectivity index (χ2n) is 10.0. The Hall–Kier alpha value is -1.61. The number of hydrogen-bond donors (Lipinski definition) is 0. The van der Waals surface area contributed by atoms with Crippen LogP contribution in [0.4, 0.5) is 0 Å². The first kappa shape index (κ1) is 26.5. The summed E-state index contributed by atoms with van der Waals surface area (Å²) >= 11 is 6.22. The number of fused-ring (bicyclic) bond motifs is 1. The Bertz CT molecular complexity index is 1250. The van der Waals surface area contributed by atoms with E-state index >= 15 is 0 Å². The predicted octanol–water partition coefficient (Wildman–Crippen LogP) is 4.20. The van der Waals surface area contributed by atoms with Gasteiger partial charge in [0, 0.05) is 35.8 Å². The number of ether oxygens (including phenoxy) is 1. The Labute approximate surface area is 214 Å². The highest BCUT2D eigenvalue weighted by atomic mass is 35.5. The molecule has 192 valence electrons. The third-order valence-electron chi connectivity index (χ3n) is 7.15. The molecule has 35 heavy (non-hydrogen) atoms. The van der Waals surface area contributed by atoms with Gasteiger partial charge in [0.15, 0.2) is 9.84 Å². The number of aryl methyl sites for hydroxylation is 1. The molecule has 0 bridgehead atoms. The second-order valence-corrected chi connectivity index (χ2v) is 14.8. The molecule has 1 heterocycles. The van der Waals surface area contributed by atoms with Crippen LogP contribution in [0.3, 0.4) is 0 Å². The molecule has 6 nitrogen and oxygen atoms in total. The quantitative estimate of drug-likeness (QED) is 0.475. The number of likely N-dealkylation sites (tertiary alicyclic amines) is 1. The van der Waals surface area contributed by atoms with E-state index in [1.807, 2.05) is 6.07 Å². The van der Waals surface area contributed by atoms with E-state index in [1.54, 1.807) is 24.3 Å². The van der Waals surface area contributed by atoms with Crippen LogP contribution < -0.4 is 4.74 Å². The minimum Gasteiger partial charge on any atom is -0.493 e. The molecular weight excluding hydrogens is 506 g/mol. The molecule has 4 rings (SSSR count). The summed E-state index contributed by atoms with van der Waals surface area (Å²) in [6.45, 7) is 3.88. The molecule has 3 atom stereocenters. The molecule has 2 aliphatic rings. The number of sulfone groups is 2. The van der Waals surface area contributed by atoms with Crippen molar-refractivity contribution < 1.29 is 21.6 Å². The second kappa shape index (κ2) is 10.8. The Morgan fingerprint density at radius 3 is 2.49 bits per heavy atom. The van der Waals surface area contributed by atoms with Crippen molar-refractivity contribution in [2.24, 2.45) is 5.92 Å². The fourth-order valence-corrected chi connectivity index (χ4v) is 7.73. The van der Waals surface area contributed by atoms with Gasteiger partial charge in [-0.15, -0.1) is 0 Å². The molecule has 2 aromatic rings. The Morgan fingerprint density at radius 1 is 1.03 bits per heavy atom. The minimum absolute atomic E-state index is 0.0927. The average Bonchev–Trinajstić information content (AvgIpc) is 3.17. The van der Waals surface area contributed by atoms with Crippen molar-refractivity contribution in [2.45, 2.75) is 56.0 Å². The van der Waals surface area contributed by atoms with Gasteiger partial charge < -0.3 is 4.74 Å². The maximum Gasteiger partial charge on any atom is 0.178 e. The van der Waals surface area contributed by atoms with Crippen LogP contribution in [0, 0.1) is 5.92 Å². The molecule has 0 spiro atoms. The highest BCUT2D eigenvalue weighted by Gasteiger charge is 2.35. The zero-order valence-electron chi connectivity index (χ0n) is 20.3. The van der Waals surface area contributed by atoms with Crippen LogP contribution in [0.2, 0.25) is 5.02 Å². The van der Waals surface area contributed by atoms with E-state index in [-0.39, 0.29) is 22.8 Å². The summed E-state index contributed by atoms with van der Waals surface area (Å²) in [4.78, 5) is 2.81. The number of benzene rings is 2. The van der Waals surface area contributed by atoms with E-state index in [1.165, 1.54) is 11.1 Å². The normalized spacial score (nSPS) is 23.2. The molecule has 9 heteroatoms. The summed E-state index contributed by atoms with van der Waals surface area (Å²) in [5, 5.41) is 0.804. The summed E-state index contributed by atoms with van der Waals surface area (Å²) < 4.78 is 53.5. The Balaban J connectivity index is 1.29. The van der Waals surface area contributed by atoms with Crippen molar-refractivity contribution in [1.29, 1.82) is 0 Å². The first-order valence-electron chi connectivity index (χ1n) is 12.2. The van der Waals surface area contributed by atoms with Crippen LogP contribution >= 0.6 is 11.6 Å². The molecule has 0 amide bonds. The molecule has 1 aliphatic carbocycles. The van der Waals surface area contributed by atoms with Gasteiger partial charge in [0.1, 0.15) is 15.6 Å². The van der Waals surface area contributed by atoms with Crippen molar-refractivity contribution >= 4 is 31.3 Å². The lowest BCUT2D eigenvalue weighted by Crippen LogP contribution is -2.41. The van der Waals surface area contributed by atoms with Crippen LogP contribution in [0.15, 0.2) is 47.4 Å². The average molecular weight is 540 g/mol. The van der Waals surface area contributed by atoms with Gasteiger partial charge in [-0.3, -0.25) is 4.90 Å². The summed E-state index contributed by atoms with van der Waals surface area (Å²) in [6.07, 6.45) is 5.56. The van der Waals surface area contributed by atoms with Gasteiger partial charge in [-0.05, 0) is 86.6 Å². The van der Waals surface area contributed by atoms with Crippen molar-refractivity contribution in [1.82, 2.24) is 4.90 Å². The lowest BCUT2D eigenvalue weighted by atomic mass is 9.87. The molecule has 0 saturated carbocycles. The van der Waals surface area contributed by atoms with Crippen molar-refractivity contribution in [3.05, 3.63) is 58.6 Å². The molecule has 0 N–H and O–H groups in total. The highest BCUT2D eigenvalue weighted by molar-refractivity contribution is 7.92. The number of rotatable bonds is 9. The van der Waals surface area contributed by atoms with E-state index in [2.05, 4.69) is 24.0 Å². The van der Waals surface area contributed by atoms with Crippen LogP contribution in [-0.2, 0) is 32.5 Å². The van der Waals surface area contributed by atoms with Crippen LogP contribution in [0.25, 0.3) is 0 Å². The van der Waals surface area contributed by atoms with Crippen LogP contribution in [0.5, 0.6) is 5.75 Å². The molecule has 1 fully saturated rings. The molecular formula is C26H34ClNO5S2. The monoisotopic (exact) mass is 539 g/mol. The first-order valence-corrected chi connectivity index (χ1v) is 16.3.